The minimum atomic E-state index is -0.819. The number of hydrogen-bond acceptors (Lipinski definition) is 7. The number of nitrogens with two attached hydrogens (primary N) is 1. The lowest BCUT2D eigenvalue weighted by Gasteiger charge is -2.22. The minimum Gasteiger partial charge on any atom is -0.383 e. The van der Waals surface area contributed by atoms with E-state index in [1.807, 2.05) is 0 Å². The molecule has 1 aliphatic rings. The van der Waals surface area contributed by atoms with Crippen molar-refractivity contribution in [3.05, 3.63) is 54.1 Å². The third kappa shape index (κ3) is 3.74. The fourth-order valence-corrected chi connectivity index (χ4v) is 4.60. The van der Waals surface area contributed by atoms with Crippen LogP contribution in [0, 0.1) is 23.5 Å². The van der Waals surface area contributed by atoms with Crippen molar-refractivity contribution >= 4 is 33.7 Å². The SMILES string of the molecule is C=CC(=O)N1CC(n2nc(C#Cc3c(F)cc4c(cnn4C)c3F)c3c(N)ncnc32)C[C@@H]1COC. The number of likely N-dealkylation sites (tertiary alicyclic amines) is 1. The van der Waals surface area contributed by atoms with E-state index >= 15 is 4.39 Å². The van der Waals surface area contributed by atoms with E-state index in [-0.39, 0.29) is 34.9 Å². The van der Waals surface area contributed by atoms with Crippen LogP contribution in [-0.4, -0.2) is 66.6 Å². The number of nitrogen functional groups attached to an aromatic ring is 1. The Kier molecular flexibility index (Phi) is 5.85. The molecule has 1 aromatic carbocycles. The van der Waals surface area contributed by atoms with E-state index in [9.17, 15) is 9.18 Å². The number of fused-ring (bicyclic) bond motifs is 2. The van der Waals surface area contributed by atoms with Crippen molar-refractivity contribution < 1.29 is 18.3 Å². The molecule has 1 aliphatic heterocycles. The third-order valence-electron chi connectivity index (χ3n) is 6.32. The van der Waals surface area contributed by atoms with Gasteiger partial charge in [0.1, 0.15) is 23.7 Å². The summed E-state index contributed by atoms with van der Waals surface area (Å²) in [5.74, 6) is 3.60. The number of amides is 1. The first-order valence-electron chi connectivity index (χ1n) is 11.1. The van der Waals surface area contributed by atoms with Gasteiger partial charge in [0.2, 0.25) is 5.91 Å². The molecule has 2 atom stereocenters. The van der Waals surface area contributed by atoms with Gasteiger partial charge in [-0.1, -0.05) is 12.5 Å². The molecule has 36 heavy (non-hydrogen) atoms. The van der Waals surface area contributed by atoms with Crippen LogP contribution in [-0.2, 0) is 16.6 Å². The number of aromatic nitrogens is 6. The second-order valence-electron chi connectivity index (χ2n) is 8.44. The van der Waals surface area contributed by atoms with E-state index in [1.165, 1.54) is 29.3 Å². The molecule has 0 bridgehead atoms. The Morgan fingerprint density at radius 2 is 2.17 bits per heavy atom. The maximum Gasteiger partial charge on any atom is 0.246 e. The zero-order chi connectivity index (χ0) is 25.6. The van der Waals surface area contributed by atoms with Gasteiger partial charge in [0.15, 0.2) is 11.5 Å². The average molecular weight is 492 g/mol. The van der Waals surface area contributed by atoms with Crippen molar-refractivity contribution in [1.82, 2.24) is 34.4 Å². The third-order valence-corrected chi connectivity index (χ3v) is 6.32. The van der Waals surface area contributed by atoms with Crippen LogP contribution >= 0.6 is 0 Å². The van der Waals surface area contributed by atoms with Crippen LogP contribution in [0.3, 0.4) is 0 Å². The van der Waals surface area contributed by atoms with E-state index in [2.05, 4.69) is 38.6 Å². The number of carbonyl (C=O) groups excluding carboxylic acids is 1. The van der Waals surface area contributed by atoms with E-state index in [0.29, 0.717) is 36.1 Å². The van der Waals surface area contributed by atoms with Crippen LogP contribution in [0.1, 0.15) is 23.7 Å². The van der Waals surface area contributed by atoms with Crippen molar-refractivity contribution in [2.75, 3.05) is 26.0 Å². The highest BCUT2D eigenvalue weighted by molar-refractivity contribution is 5.91. The molecule has 2 N–H and O–H groups in total. The smallest absolute Gasteiger partial charge is 0.246 e. The molecule has 184 valence electrons. The summed E-state index contributed by atoms with van der Waals surface area (Å²) in [7, 11) is 3.16. The summed E-state index contributed by atoms with van der Waals surface area (Å²) in [6.45, 7) is 4.26. The van der Waals surface area contributed by atoms with E-state index < -0.39 is 17.2 Å². The number of ether oxygens (including phenoxy) is 1. The molecule has 1 unspecified atom stereocenters. The van der Waals surface area contributed by atoms with Crippen LogP contribution in [0.25, 0.3) is 21.9 Å². The van der Waals surface area contributed by atoms with Gasteiger partial charge >= 0.3 is 0 Å². The summed E-state index contributed by atoms with van der Waals surface area (Å²) in [4.78, 5) is 22.4. The summed E-state index contributed by atoms with van der Waals surface area (Å²) in [6.07, 6.45) is 4.42. The first-order valence-corrected chi connectivity index (χ1v) is 11.1. The normalized spacial score (nSPS) is 17.5. The number of hydrogen-bond donors (Lipinski definition) is 1. The van der Waals surface area contributed by atoms with Crippen LogP contribution in [0.15, 0.2) is 31.2 Å². The second-order valence-corrected chi connectivity index (χ2v) is 8.44. The maximum atomic E-state index is 15.0. The molecule has 3 aromatic heterocycles. The van der Waals surface area contributed by atoms with Crippen molar-refractivity contribution in [3.8, 4) is 11.8 Å². The molecule has 0 saturated carbocycles. The first-order chi connectivity index (χ1) is 17.3. The fraction of sp³-hybridized carbons (Fsp3) is 0.292. The molecule has 10 nitrogen and oxygen atoms in total. The predicted molar refractivity (Wildman–Crippen MR) is 128 cm³/mol. The van der Waals surface area contributed by atoms with Gasteiger partial charge in [0, 0.05) is 26.8 Å². The molecule has 12 heteroatoms. The number of rotatable bonds is 4. The Bertz CT molecular complexity index is 1580. The monoisotopic (exact) mass is 492 g/mol. The van der Waals surface area contributed by atoms with E-state index in [1.54, 1.807) is 23.7 Å². The summed E-state index contributed by atoms with van der Waals surface area (Å²) in [5.41, 5.74) is 6.60. The number of benzene rings is 1. The molecule has 0 spiro atoms. The Labute approximate surface area is 204 Å². The van der Waals surface area contributed by atoms with Crippen molar-refractivity contribution in [1.29, 1.82) is 0 Å². The molecule has 1 amide bonds. The fourth-order valence-electron chi connectivity index (χ4n) is 4.60. The number of anilines is 1. The molecular weight excluding hydrogens is 470 g/mol. The predicted octanol–water partition coefficient (Wildman–Crippen LogP) is 1.95. The summed E-state index contributed by atoms with van der Waals surface area (Å²) < 4.78 is 38.1. The molecule has 4 aromatic rings. The molecule has 1 fully saturated rings. The second kappa shape index (κ2) is 9.01. The topological polar surface area (TPSA) is 117 Å². The highest BCUT2D eigenvalue weighted by Gasteiger charge is 2.37. The van der Waals surface area contributed by atoms with E-state index in [4.69, 9.17) is 10.5 Å². The Hall–Kier alpha value is -4.37. The highest BCUT2D eigenvalue weighted by atomic mass is 19.1. The largest absolute Gasteiger partial charge is 0.383 e. The van der Waals surface area contributed by atoms with Gasteiger partial charge in [-0.15, -0.1) is 0 Å². The number of halogens is 2. The zero-order valence-electron chi connectivity index (χ0n) is 19.6. The molecular formula is C24H22F2N8O2. The number of methoxy groups -OCH3 is 1. The minimum absolute atomic E-state index is 0.129. The van der Waals surface area contributed by atoms with Gasteiger partial charge in [0.25, 0.3) is 0 Å². The first kappa shape index (κ1) is 23.4. The summed E-state index contributed by atoms with van der Waals surface area (Å²) in [6, 6.07) is 0.734. The number of carbonyl (C=O) groups is 1. The zero-order valence-corrected chi connectivity index (χ0v) is 19.6. The molecule has 4 heterocycles. The maximum absolute atomic E-state index is 15.0. The van der Waals surface area contributed by atoms with Gasteiger partial charge < -0.3 is 15.4 Å². The average Bonchev–Trinajstić information content (AvgIpc) is 3.55. The Morgan fingerprint density at radius 3 is 2.92 bits per heavy atom. The van der Waals surface area contributed by atoms with Crippen molar-refractivity contribution in [2.45, 2.75) is 18.5 Å². The Morgan fingerprint density at radius 1 is 1.36 bits per heavy atom. The number of aryl methyl sites for hydroxylation is 1. The van der Waals surface area contributed by atoms with Gasteiger partial charge in [-0.25, -0.2) is 23.4 Å². The Balaban J connectivity index is 1.59. The lowest BCUT2D eigenvalue weighted by molar-refractivity contribution is -0.127. The molecule has 0 radical (unpaired) electrons. The highest BCUT2D eigenvalue weighted by Crippen LogP contribution is 2.32. The summed E-state index contributed by atoms with van der Waals surface area (Å²) in [5, 5.41) is 9.07. The molecule has 1 saturated heterocycles. The van der Waals surface area contributed by atoms with Gasteiger partial charge in [-0.3, -0.25) is 9.48 Å². The van der Waals surface area contributed by atoms with Gasteiger partial charge in [-0.05, 0) is 18.4 Å². The lowest BCUT2D eigenvalue weighted by Crippen LogP contribution is -2.37. The number of nitrogens with zero attached hydrogens (tertiary/aromatic N) is 7. The van der Waals surface area contributed by atoms with Crippen LogP contribution < -0.4 is 5.73 Å². The van der Waals surface area contributed by atoms with Gasteiger partial charge in [0.05, 0.1) is 46.7 Å². The van der Waals surface area contributed by atoms with E-state index in [0.717, 1.165) is 0 Å². The quantitative estimate of drug-likeness (QED) is 0.342. The molecule has 0 aliphatic carbocycles. The van der Waals surface area contributed by atoms with Crippen LogP contribution in [0.2, 0.25) is 0 Å². The van der Waals surface area contributed by atoms with Crippen LogP contribution in [0.5, 0.6) is 0 Å². The van der Waals surface area contributed by atoms with Crippen molar-refractivity contribution in [3.63, 3.8) is 0 Å². The standard InChI is InChI=1S/C24H22F2N8O2/c1-4-20(35)33-10-13(7-14(33)11-36-3)34-24-21(23(27)28-12-29-24)18(31-34)6-5-15-17(25)8-19-16(22(15)26)9-30-32(19)2/h4,8-9,12-14H,1,7,10-11H2,2-3H3,(H2,27,28,29)/t13?,14-/m1/s1. The summed E-state index contributed by atoms with van der Waals surface area (Å²) >= 11 is 0. The van der Waals surface area contributed by atoms with Gasteiger partial charge in [-0.2, -0.15) is 10.2 Å². The lowest BCUT2D eigenvalue weighted by atomic mass is 10.1. The molecule has 5 rings (SSSR count). The van der Waals surface area contributed by atoms with Crippen molar-refractivity contribution in [2.24, 2.45) is 7.05 Å². The van der Waals surface area contributed by atoms with Crippen LogP contribution in [0.4, 0.5) is 14.6 Å².